The van der Waals surface area contributed by atoms with Crippen LogP contribution in [0.1, 0.15) is 43.7 Å². The lowest BCUT2D eigenvalue weighted by molar-refractivity contribution is 0.124. The first kappa shape index (κ1) is 13.4. The molecule has 1 atom stereocenters. The van der Waals surface area contributed by atoms with Crippen molar-refractivity contribution in [1.82, 2.24) is 0 Å². The summed E-state index contributed by atoms with van der Waals surface area (Å²) in [5.74, 6) is 5.80. The molecule has 3 heteroatoms. The fourth-order valence-corrected chi connectivity index (χ4v) is 2.95. The van der Waals surface area contributed by atoms with Gasteiger partial charge in [0.05, 0.1) is 12.6 Å². The molecule has 1 fully saturated rings. The molecule has 3 nitrogen and oxygen atoms in total. The average molecular weight is 248 g/mol. The van der Waals surface area contributed by atoms with Crippen LogP contribution in [0.15, 0.2) is 18.2 Å². The molecule has 1 heterocycles. The summed E-state index contributed by atoms with van der Waals surface area (Å²) in [4.78, 5) is 7.36. The molecule has 2 N–H and O–H groups in total. The fraction of sp³-hybridized carbons (Fsp3) is 0.600. The minimum Gasteiger partial charge on any atom is -0.366 e. The van der Waals surface area contributed by atoms with Crippen LogP contribution in [0.5, 0.6) is 0 Å². The van der Waals surface area contributed by atoms with Crippen molar-refractivity contribution in [3.8, 4) is 0 Å². The number of anilines is 1. The number of benzene rings is 1. The third-order valence-corrected chi connectivity index (χ3v) is 3.84. The molecule has 1 aromatic rings. The predicted octanol–water partition coefficient (Wildman–Crippen LogP) is 2.98. The highest BCUT2D eigenvalue weighted by atomic mass is 16.6. The van der Waals surface area contributed by atoms with Crippen molar-refractivity contribution in [2.45, 2.75) is 45.6 Å². The second-order valence-corrected chi connectivity index (χ2v) is 5.49. The normalized spacial score (nSPS) is 19.8. The van der Waals surface area contributed by atoms with Gasteiger partial charge in [0.25, 0.3) is 0 Å². The zero-order valence-electron chi connectivity index (χ0n) is 11.6. The molecular formula is C15H24N2O. The van der Waals surface area contributed by atoms with Gasteiger partial charge < -0.3 is 9.74 Å². The van der Waals surface area contributed by atoms with E-state index in [-0.39, 0.29) is 0 Å². The maximum Gasteiger partial charge on any atom is 0.0882 e. The fourth-order valence-electron chi connectivity index (χ4n) is 2.95. The highest BCUT2D eigenvalue weighted by Gasteiger charge is 2.27. The summed E-state index contributed by atoms with van der Waals surface area (Å²) in [7, 11) is 0. The van der Waals surface area contributed by atoms with E-state index in [9.17, 15) is 0 Å². The van der Waals surface area contributed by atoms with Crippen molar-refractivity contribution in [3.63, 3.8) is 0 Å². The van der Waals surface area contributed by atoms with E-state index in [4.69, 9.17) is 10.7 Å². The Hall–Kier alpha value is -1.06. The molecule has 0 aliphatic carbocycles. The zero-order chi connectivity index (χ0) is 13.1. The number of nitrogens with zero attached hydrogens (tertiary/aromatic N) is 1. The van der Waals surface area contributed by atoms with Crippen molar-refractivity contribution >= 4 is 5.69 Å². The number of hydrogen-bond donors (Lipinski definition) is 1. The first-order valence-electron chi connectivity index (χ1n) is 6.83. The lowest BCUT2D eigenvalue weighted by atomic mass is 9.97. The van der Waals surface area contributed by atoms with Gasteiger partial charge in [-0.25, -0.2) is 5.90 Å². The van der Waals surface area contributed by atoms with Crippen LogP contribution in [-0.4, -0.2) is 19.2 Å². The van der Waals surface area contributed by atoms with Gasteiger partial charge in [-0.15, -0.1) is 0 Å². The van der Waals surface area contributed by atoms with Crippen LogP contribution in [0.25, 0.3) is 0 Å². The zero-order valence-corrected chi connectivity index (χ0v) is 11.6. The molecule has 0 bridgehead atoms. The molecule has 0 aromatic heterocycles. The summed E-state index contributed by atoms with van der Waals surface area (Å²) in [6.45, 7) is 8.43. The van der Waals surface area contributed by atoms with Gasteiger partial charge in [-0.05, 0) is 36.8 Å². The molecule has 0 radical (unpaired) electrons. The molecule has 18 heavy (non-hydrogen) atoms. The van der Waals surface area contributed by atoms with Crippen LogP contribution in [-0.2, 0) is 4.84 Å². The van der Waals surface area contributed by atoms with E-state index in [2.05, 4.69) is 43.9 Å². The number of para-hydroxylation sites is 1. The van der Waals surface area contributed by atoms with E-state index in [0.717, 1.165) is 6.54 Å². The Bertz CT molecular complexity index is 403. The van der Waals surface area contributed by atoms with Crippen LogP contribution in [0.2, 0.25) is 0 Å². The highest BCUT2D eigenvalue weighted by Crippen LogP contribution is 2.35. The second kappa shape index (κ2) is 5.72. The van der Waals surface area contributed by atoms with E-state index in [1.165, 1.54) is 29.7 Å². The number of hydrogen-bond acceptors (Lipinski definition) is 3. The second-order valence-electron chi connectivity index (χ2n) is 5.49. The van der Waals surface area contributed by atoms with Gasteiger partial charge in [0.1, 0.15) is 0 Å². The first-order valence-corrected chi connectivity index (χ1v) is 6.83. The molecule has 0 amide bonds. The molecule has 0 spiro atoms. The van der Waals surface area contributed by atoms with E-state index in [1.807, 2.05) is 0 Å². The number of rotatable bonds is 4. The molecule has 0 saturated carbocycles. The van der Waals surface area contributed by atoms with Gasteiger partial charge in [-0.1, -0.05) is 32.0 Å². The third kappa shape index (κ3) is 2.52. The Morgan fingerprint density at radius 3 is 2.89 bits per heavy atom. The maximum atomic E-state index is 5.26. The van der Waals surface area contributed by atoms with Gasteiger partial charge in [-0.3, -0.25) is 0 Å². The average Bonchev–Trinajstić information content (AvgIpc) is 2.77. The topological polar surface area (TPSA) is 38.5 Å². The van der Waals surface area contributed by atoms with E-state index in [0.29, 0.717) is 18.6 Å². The van der Waals surface area contributed by atoms with Crippen molar-refractivity contribution in [2.24, 2.45) is 5.90 Å². The van der Waals surface area contributed by atoms with Crippen LogP contribution in [0.4, 0.5) is 5.69 Å². The molecule has 1 saturated heterocycles. The lowest BCUT2D eigenvalue weighted by Crippen LogP contribution is -2.35. The Morgan fingerprint density at radius 1 is 1.44 bits per heavy atom. The lowest BCUT2D eigenvalue weighted by Gasteiger charge is -2.31. The smallest absolute Gasteiger partial charge is 0.0882 e. The van der Waals surface area contributed by atoms with Gasteiger partial charge in [0, 0.05) is 12.2 Å². The van der Waals surface area contributed by atoms with Gasteiger partial charge >= 0.3 is 0 Å². The van der Waals surface area contributed by atoms with Crippen LogP contribution < -0.4 is 10.8 Å². The first-order chi connectivity index (χ1) is 8.65. The maximum absolute atomic E-state index is 5.26. The van der Waals surface area contributed by atoms with Crippen LogP contribution >= 0.6 is 0 Å². The Labute approximate surface area is 110 Å². The molecular weight excluding hydrogens is 224 g/mol. The Morgan fingerprint density at radius 2 is 2.22 bits per heavy atom. The summed E-state index contributed by atoms with van der Waals surface area (Å²) in [6.07, 6.45) is 2.39. The number of aryl methyl sites for hydroxylation is 1. The third-order valence-electron chi connectivity index (χ3n) is 3.84. The minimum atomic E-state index is 0.425. The van der Waals surface area contributed by atoms with Crippen molar-refractivity contribution in [1.29, 1.82) is 0 Å². The van der Waals surface area contributed by atoms with Crippen molar-refractivity contribution in [2.75, 3.05) is 18.1 Å². The van der Waals surface area contributed by atoms with E-state index >= 15 is 0 Å². The molecule has 1 aromatic carbocycles. The van der Waals surface area contributed by atoms with E-state index in [1.54, 1.807) is 0 Å². The molecule has 1 aliphatic heterocycles. The van der Waals surface area contributed by atoms with Crippen LogP contribution in [0, 0.1) is 6.92 Å². The summed E-state index contributed by atoms with van der Waals surface area (Å²) >= 11 is 0. The van der Waals surface area contributed by atoms with Crippen molar-refractivity contribution in [3.05, 3.63) is 29.3 Å². The number of nitrogens with two attached hydrogens (primary N) is 1. The molecule has 1 unspecified atom stereocenters. The van der Waals surface area contributed by atoms with Crippen molar-refractivity contribution < 1.29 is 4.84 Å². The van der Waals surface area contributed by atoms with Gasteiger partial charge in [0.2, 0.25) is 0 Å². The molecule has 100 valence electrons. The summed E-state index contributed by atoms with van der Waals surface area (Å²) in [6, 6.07) is 7.01. The largest absolute Gasteiger partial charge is 0.366 e. The Kier molecular flexibility index (Phi) is 4.25. The summed E-state index contributed by atoms with van der Waals surface area (Å²) < 4.78 is 0. The van der Waals surface area contributed by atoms with E-state index < -0.39 is 0 Å². The monoisotopic (exact) mass is 248 g/mol. The van der Waals surface area contributed by atoms with Gasteiger partial charge in [0.15, 0.2) is 0 Å². The molecule has 2 rings (SSSR count). The standard InChI is InChI=1S/C15H24N2O/c1-11(2)14-8-4-6-12(3)15(14)17-9-5-7-13(17)10-18-16/h4,6,8,11,13H,5,7,9-10,16H2,1-3H3. The minimum absolute atomic E-state index is 0.425. The predicted molar refractivity (Wildman–Crippen MR) is 75.8 cm³/mol. The Balaban J connectivity index is 2.37. The quantitative estimate of drug-likeness (QED) is 0.833. The SMILES string of the molecule is Cc1cccc(C(C)C)c1N1CCCC1CON. The highest BCUT2D eigenvalue weighted by molar-refractivity contribution is 5.61. The molecule has 1 aliphatic rings. The summed E-state index contributed by atoms with van der Waals surface area (Å²) in [5, 5.41) is 0. The van der Waals surface area contributed by atoms with Crippen LogP contribution in [0.3, 0.4) is 0 Å². The van der Waals surface area contributed by atoms with Gasteiger partial charge in [-0.2, -0.15) is 0 Å². The summed E-state index contributed by atoms with van der Waals surface area (Å²) in [5.41, 5.74) is 4.18.